The Hall–Kier alpha value is -1.60. The van der Waals surface area contributed by atoms with E-state index in [0.717, 1.165) is 5.06 Å². The maximum Gasteiger partial charge on any atom is 0.470 e. The van der Waals surface area contributed by atoms with Crippen LogP contribution >= 0.6 is 0 Å². The first-order chi connectivity index (χ1) is 9.47. The lowest BCUT2D eigenvalue weighted by molar-refractivity contribution is -0.162. The average Bonchev–Trinajstić information content (AvgIpc) is 2.86. The molecule has 1 aromatic carbocycles. The topological polar surface area (TPSA) is 45.1 Å². The molecular formula is C13H15F3N2O2. The van der Waals surface area contributed by atoms with Crippen LogP contribution in [0.1, 0.15) is 25.1 Å². The first kappa shape index (κ1) is 14.8. The van der Waals surface area contributed by atoms with Crippen molar-refractivity contribution < 1.29 is 23.1 Å². The number of rotatable bonds is 4. The number of halogens is 3. The fraction of sp³-hybridized carbons (Fsp3) is 0.462. The Balaban J connectivity index is 2.34. The summed E-state index contributed by atoms with van der Waals surface area (Å²) in [5.41, 5.74) is 0.582. The lowest BCUT2D eigenvalue weighted by Crippen LogP contribution is -2.39. The third-order valence-corrected chi connectivity index (χ3v) is 3.05. The maximum atomic E-state index is 12.7. The summed E-state index contributed by atoms with van der Waals surface area (Å²) in [5.74, 6) is -1.28. The summed E-state index contributed by atoms with van der Waals surface area (Å²) in [6.45, 7) is 1.46. The van der Waals surface area contributed by atoms with Gasteiger partial charge in [-0.2, -0.15) is 13.2 Å². The number of nitrogens with zero attached hydrogens (tertiary/aromatic N) is 2. The van der Waals surface area contributed by atoms with E-state index in [0.29, 0.717) is 12.0 Å². The van der Waals surface area contributed by atoms with Crippen LogP contribution in [0.3, 0.4) is 0 Å². The van der Waals surface area contributed by atoms with Gasteiger partial charge in [-0.1, -0.05) is 37.3 Å². The average molecular weight is 288 g/mol. The molecule has 2 unspecified atom stereocenters. The summed E-state index contributed by atoms with van der Waals surface area (Å²) in [6.07, 6.45) is -5.10. The lowest BCUT2D eigenvalue weighted by atomic mass is 10.1. The van der Waals surface area contributed by atoms with Gasteiger partial charge < -0.3 is 9.94 Å². The van der Waals surface area contributed by atoms with E-state index >= 15 is 0 Å². The van der Waals surface area contributed by atoms with Gasteiger partial charge in [-0.25, -0.2) is 4.99 Å². The van der Waals surface area contributed by atoms with Crippen LogP contribution in [0.25, 0.3) is 0 Å². The van der Waals surface area contributed by atoms with Crippen LogP contribution in [0.4, 0.5) is 13.2 Å². The van der Waals surface area contributed by atoms with Gasteiger partial charge in [-0.15, -0.1) is 5.06 Å². The minimum Gasteiger partial charge on any atom is -0.395 e. The minimum atomic E-state index is -4.64. The molecule has 0 spiro atoms. The Labute approximate surface area is 114 Å². The number of benzene rings is 1. The molecule has 20 heavy (non-hydrogen) atoms. The van der Waals surface area contributed by atoms with Crippen LogP contribution in [0.15, 0.2) is 35.3 Å². The fourth-order valence-corrected chi connectivity index (χ4v) is 1.98. The quantitative estimate of drug-likeness (QED) is 0.926. The van der Waals surface area contributed by atoms with Crippen LogP contribution in [-0.4, -0.2) is 34.9 Å². The van der Waals surface area contributed by atoms with Crippen LogP contribution < -0.4 is 0 Å². The van der Waals surface area contributed by atoms with Crippen molar-refractivity contribution in [2.24, 2.45) is 4.99 Å². The van der Waals surface area contributed by atoms with Crippen molar-refractivity contribution in [3.8, 4) is 0 Å². The normalized spacial score (nSPS) is 21.4. The van der Waals surface area contributed by atoms with E-state index in [-0.39, 0.29) is 6.61 Å². The van der Waals surface area contributed by atoms with Crippen molar-refractivity contribution in [2.45, 2.75) is 31.7 Å². The molecule has 0 fully saturated rings. The van der Waals surface area contributed by atoms with Gasteiger partial charge in [0.15, 0.2) is 6.17 Å². The maximum absolute atomic E-state index is 12.7. The molecule has 0 amide bonds. The van der Waals surface area contributed by atoms with Gasteiger partial charge in [0, 0.05) is 0 Å². The molecule has 2 atom stereocenters. The third-order valence-electron chi connectivity index (χ3n) is 3.05. The monoisotopic (exact) mass is 288 g/mol. The number of alkyl halides is 3. The van der Waals surface area contributed by atoms with E-state index in [1.807, 2.05) is 0 Å². The van der Waals surface area contributed by atoms with Crippen LogP contribution in [-0.2, 0) is 4.84 Å². The van der Waals surface area contributed by atoms with E-state index in [4.69, 9.17) is 4.84 Å². The summed E-state index contributed by atoms with van der Waals surface area (Å²) in [7, 11) is 0. The van der Waals surface area contributed by atoms with E-state index in [2.05, 4.69) is 4.99 Å². The highest BCUT2D eigenvalue weighted by Gasteiger charge is 2.47. The summed E-state index contributed by atoms with van der Waals surface area (Å²) in [6, 6.07) is 8.00. The van der Waals surface area contributed by atoms with Crippen molar-refractivity contribution in [2.75, 3.05) is 6.61 Å². The highest BCUT2D eigenvalue weighted by molar-refractivity contribution is 5.82. The van der Waals surface area contributed by atoms with Gasteiger partial charge in [0.2, 0.25) is 0 Å². The Bertz CT molecular complexity index is 472. The Morgan fingerprint density at radius 2 is 2.00 bits per heavy atom. The first-order valence-corrected chi connectivity index (χ1v) is 6.24. The molecule has 1 aliphatic heterocycles. The molecule has 1 aliphatic rings. The summed E-state index contributed by atoms with van der Waals surface area (Å²) in [5, 5.41) is 10.4. The predicted molar refractivity (Wildman–Crippen MR) is 66.8 cm³/mol. The molecule has 1 aromatic rings. The molecule has 0 saturated carbocycles. The summed E-state index contributed by atoms with van der Waals surface area (Å²) < 4.78 is 38.2. The number of hydrogen-bond donors (Lipinski definition) is 1. The molecule has 0 aliphatic carbocycles. The SMILES string of the molecule is CCC(CO)N1OC(C(F)(F)F)=NC1c1ccccc1. The van der Waals surface area contributed by atoms with Gasteiger partial charge in [0.05, 0.1) is 12.6 Å². The highest BCUT2D eigenvalue weighted by Crippen LogP contribution is 2.35. The fourth-order valence-electron chi connectivity index (χ4n) is 1.98. The van der Waals surface area contributed by atoms with E-state index in [1.165, 1.54) is 0 Å². The largest absolute Gasteiger partial charge is 0.470 e. The number of aliphatic imine (C=N–C) groups is 1. The molecule has 0 radical (unpaired) electrons. The molecule has 7 heteroatoms. The number of hydrogen-bond acceptors (Lipinski definition) is 4. The van der Waals surface area contributed by atoms with E-state index in [9.17, 15) is 18.3 Å². The summed E-state index contributed by atoms with van der Waals surface area (Å²) >= 11 is 0. The number of aliphatic hydroxyl groups is 1. The van der Waals surface area contributed by atoms with E-state index < -0.39 is 24.3 Å². The van der Waals surface area contributed by atoms with Gasteiger partial charge >= 0.3 is 12.1 Å². The number of aliphatic hydroxyl groups excluding tert-OH is 1. The van der Waals surface area contributed by atoms with Gasteiger partial charge in [0.1, 0.15) is 0 Å². The smallest absolute Gasteiger partial charge is 0.395 e. The van der Waals surface area contributed by atoms with Gasteiger partial charge in [-0.3, -0.25) is 0 Å². The molecule has 0 aromatic heterocycles. The lowest BCUT2D eigenvalue weighted by Gasteiger charge is -2.28. The van der Waals surface area contributed by atoms with Gasteiger partial charge in [-0.05, 0) is 12.0 Å². The third kappa shape index (κ3) is 2.94. The minimum absolute atomic E-state index is 0.305. The zero-order valence-corrected chi connectivity index (χ0v) is 10.8. The van der Waals surface area contributed by atoms with E-state index in [1.54, 1.807) is 37.3 Å². The number of hydroxylamine groups is 2. The molecule has 0 saturated heterocycles. The summed E-state index contributed by atoms with van der Waals surface area (Å²) in [4.78, 5) is 8.45. The van der Waals surface area contributed by atoms with Crippen molar-refractivity contribution in [1.29, 1.82) is 0 Å². The van der Waals surface area contributed by atoms with Crippen molar-refractivity contribution >= 4 is 5.90 Å². The molecule has 0 bridgehead atoms. The van der Waals surface area contributed by atoms with Crippen LogP contribution in [0.2, 0.25) is 0 Å². The molecule has 1 heterocycles. The van der Waals surface area contributed by atoms with Crippen molar-refractivity contribution in [3.63, 3.8) is 0 Å². The second-order valence-corrected chi connectivity index (χ2v) is 4.41. The second-order valence-electron chi connectivity index (χ2n) is 4.41. The second kappa shape index (κ2) is 5.80. The molecule has 110 valence electrons. The standard InChI is InChI=1S/C13H15F3N2O2/c1-2-10(8-19)18-11(9-6-4-3-5-7-9)17-12(20-18)13(14,15)16/h3-7,10-11,19H,2,8H2,1H3. The van der Waals surface area contributed by atoms with Gasteiger partial charge in [0.25, 0.3) is 0 Å². The van der Waals surface area contributed by atoms with Crippen LogP contribution in [0, 0.1) is 0 Å². The molecular weight excluding hydrogens is 273 g/mol. The Kier molecular flexibility index (Phi) is 4.29. The zero-order valence-electron chi connectivity index (χ0n) is 10.8. The molecule has 4 nitrogen and oxygen atoms in total. The molecule has 1 N–H and O–H groups in total. The Morgan fingerprint density at radius 3 is 2.50 bits per heavy atom. The van der Waals surface area contributed by atoms with Crippen molar-refractivity contribution in [1.82, 2.24) is 5.06 Å². The highest BCUT2D eigenvalue weighted by atomic mass is 19.4. The predicted octanol–water partition coefficient (Wildman–Crippen LogP) is 2.66. The Morgan fingerprint density at radius 1 is 1.35 bits per heavy atom. The van der Waals surface area contributed by atoms with Crippen molar-refractivity contribution in [3.05, 3.63) is 35.9 Å². The first-order valence-electron chi connectivity index (χ1n) is 6.24. The zero-order chi connectivity index (χ0) is 14.8. The molecule has 2 rings (SSSR count). The van der Waals surface area contributed by atoms with Crippen LogP contribution in [0.5, 0.6) is 0 Å².